The van der Waals surface area contributed by atoms with E-state index < -0.39 is 0 Å². The fourth-order valence-corrected chi connectivity index (χ4v) is 2.15. The van der Waals surface area contributed by atoms with E-state index in [1.54, 1.807) is 0 Å². The smallest absolute Gasteiger partial charge is 0.243 e. The van der Waals surface area contributed by atoms with Gasteiger partial charge in [-0.05, 0) is 24.0 Å². The Morgan fingerprint density at radius 1 is 1.30 bits per heavy atom. The van der Waals surface area contributed by atoms with E-state index in [-0.39, 0.29) is 12.5 Å². The molecular weight excluding hydrogens is 254 g/mol. The van der Waals surface area contributed by atoms with Crippen LogP contribution in [0.15, 0.2) is 30.3 Å². The van der Waals surface area contributed by atoms with Gasteiger partial charge in [-0.15, -0.1) is 10.2 Å². The molecule has 0 unspecified atom stereocenters. The van der Waals surface area contributed by atoms with Crippen molar-refractivity contribution in [1.29, 1.82) is 0 Å². The van der Waals surface area contributed by atoms with Gasteiger partial charge in [-0.25, -0.2) is 0 Å². The Balaban J connectivity index is 1.55. The molecule has 0 spiro atoms. The van der Waals surface area contributed by atoms with Gasteiger partial charge in [0.2, 0.25) is 11.7 Å². The summed E-state index contributed by atoms with van der Waals surface area (Å²) in [5.41, 5.74) is 0.897. The highest BCUT2D eigenvalue weighted by atomic mass is 16.2. The van der Waals surface area contributed by atoms with Crippen LogP contribution >= 0.6 is 0 Å². The number of carbonyl (C=O) groups is 1. The largest absolute Gasteiger partial charge is 0.354 e. The topological polar surface area (TPSA) is 72.7 Å². The molecule has 1 saturated carbocycles. The van der Waals surface area contributed by atoms with Crippen molar-refractivity contribution in [3.63, 3.8) is 0 Å². The van der Waals surface area contributed by atoms with Gasteiger partial charge in [-0.2, -0.15) is 4.80 Å². The van der Waals surface area contributed by atoms with Crippen LogP contribution in [0.1, 0.15) is 19.3 Å². The average Bonchev–Trinajstić information content (AvgIpc) is 2.86. The number of rotatable bonds is 5. The van der Waals surface area contributed by atoms with Gasteiger partial charge in [0.15, 0.2) is 0 Å². The number of carbonyl (C=O) groups excluding carboxylic acids is 1. The van der Waals surface area contributed by atoms with E-state index in [9.17, 15) is 4.79 Å². The summed E-state index contributed by atoms with van der Waals surface area (Å²) in [6, 6.07) is 9.60. The minimum Gasteiger partial charge on any atom is -0.354 e. The summed E-state index contributed by atoms with van der Waals surface area (Å²) in [4.78, 5) is 13.1. The number of hydrogen-bond donors (Lipinski definition) is 1. The van der Waals surface area contributed by atoms with Gasteiger partial charge in [0.25, 0.3) is 0 Å². The van der Waals surface area contributed by atoms with Gasteiger partial charge in [0.1, 0.15) is 6.54 Å². The lowest BCUT2D eigenvalue weighted by Crippen LogP contribution is -2.34. The molecular formula is C14H17N5O. The number of nitrogens with zero attached hydrogens (tertiary/aromatic N) is 4. The fraction of sp³-hybridized carbons (Fsp3) is 0.429. The standard InChI is InChI=1S/C14H17N5O/c20-13(15-9-11-5-4-6-11)10-19-17-14(16-18-19)12-7-2-1-3-8-12/h1-3,7-8,11H,4-6,9-10H2,(H,15,20). The zero-order valence-electron chi connectivity index (χ0n) is 11.2. The predicted octanol–water partition coefficient (Wildman–Crippen LogP) is 1.26. The van der Waals surface area contributed by atoms with E-state index >= 15 is 0 Å². The summed E-state index contributed by atoms with van der Waals surface area (Å²) in [7, 11) is 0. The maximum Gasteiger partial charge on any atom is 0.243 e. The van der Waals surface area contributed by atoms with E-state index in [2.05, 4.69) is 20.7 Å². The molecule has 104 valence electrons. The van der Waals surface area contributed by atoms with Crippen molar-refractivity contribution in [2.75, 3.05) is 6.54 Å². The van der Waals surface area contributed by atoms with Crippen LogP contribution in [0.4, 0.5) is 0 Å². The first kappa shape index (κ1) is 12.8. The second-order valence-electron chi connectivity index (χ2n) is 5.11. The van der Waals surface area contributed by atoms with Crippen molar-refractivity contribution in [3.8, 4) is 11.4 Å². The highest BCUT2D eigenvalue weighted by molar-refractivity contribution is 5.75. The van der Waals surface area contributed by atoms with Crippen LogP contribution in [0.25, 0.3) is 11.4 Å². The van der Waals surface area contributed by atoms with Gasteiger partial charge in [-0.1, -0.05) is 36.8 Å². The quantitative estimate of drug-likeness (QED) is 0.888. The zero-order chi connectivity index (χ0) is 13.8. The number of amides is 1. The molecule has 1 aliphatic rings. The van der Waals surface area contributed by atoms with E-state index in [0.29, 0.717) is 11.7 Å². The molecule has 3 rings (SSSR count). The monoisotopic (exact) mass is 271 g/mol. The number of hydrogen-bond acceptors (Lipinski definition) is 4. The third kappa shape index (κ3) is 3.01. The Bertz CT molecular complexity index is 576. The normalized spacial score (nSPS) is 14.8. The predicted molar refractivity (Wildman–Crippen MR) is 73.6 cm³/mol. The Labute approximate surface area is 117 Å². The molecule has 20 heavy (non-hydrogen) atoms. The van der Waals surface area contributed by atoms with Crippen LogP contribution in [0.3, 0.4) is 0 Å². The molecule has 1 aliphatic carbocycles. The van der Waals surface area contributed by atoms with Crippen LogP contribution in [0.5, 0.6) is 0 Å². The minimum atomic E-state index is -0.0612. The van der Waals surface area contributed by atoms with Crippen LogP contribution < -0.4 is 5.32 Å². The lowest BCUT2D eigenvalue weighted by Gasteiger charge is -2.25. The molecule has 1 fully saturated rings. The lowest BCUT2D eigenvalue weighted by molar-refractivity contribution is -0.122. The number of tetrazole rings is 1. The van der Waals surface area contributed by atoms with Gasteiger partial charge in [-0.3, -0.25) is 4.79 Å². The molecule has 0 aliphatic heterocycles. The summed E-state index contributed by atoms with van der Waals surface area (Å²) in [6.45, 7) is 0.881. The molecule has 2 aromatic rings. The maximum absolute atomic E-state index is 11.8. The molecule has 1 amide bonds. The average molecular weight is 271 g/mol. The summed E-state index contributed by atoms with van der Waals surface area (Å²) in [5, 5.41) is 15.0. The summed E-state index contributed by atoms with van der Waals surface area (Å²) in [6.07, 6.45) is 3.73. The molecule has 0 bridgehead atoms. The molecule has 1 aromatic carbocycles. The van der Waals surface area contributed by atoms with E-state index in [1.165, 1.54) is 24.1 Å². The van der Waals surface area contributed by atoms with E-state index in [1.807, 2.05) is 30.3 Å². The summed E-state index contributed by atoms with van der Waals surface area (Å²) < 4.78 is 0. The molecule has 1 heterocycles. The Kier molecular flexibility index (Phi) is 3.71. The van der Waals surface area contributed by atoms with Gasteiger partial charge in [0.05, 0.1) is 0 Å². The van der Waals surface area contributed by atoms with Gasteiger partial charge < -0.3 is 5.32 Å². The maximum atomic E-state index is 11.8. The first-order valence-corrected chi connectivity index (χ1v) is 6.91. The van der Waals surface area contributed by atoms with Crippen LogP contribution in [-0.2, 0) is 11.3 Å². The van der Waals surface area contributed by atoms with Crippen LogP contribution in [-0.4, -0.2) is 32.7 Å². The first-order valence-electron chi connectivity index (χ1n) is 6.91. The van der Waals surface area contributed by atoms with Crippen molar-refractivity contribution >= 4 is 5.91 Å². The van der Waals surface area contributed by atoms with Gasteiger partial charge in [0, 0.05) is 12.1 Å². The molecule has 0 radical (unpaired) electrons. The Hall–Kier alpha value is -2.24. The SMILES string of the molecule is O=C(Cn1nnc(-c2ccccc2)n1)NCC1CCC1. The van der Waals surface area contributed by atoms with Crippen molar-refractivity contribution in [2.45, 2.75) is 25.8 Å². The van der Waals surface area contributed by atoms with Crippen molar-refractivity contribution in [3.05, 3.63) is 30.3 Å². The second kappa shape index (κ2) is 5.81. The highest BCUT2D eigenvalue weighted by Crippen LogP contribution is 2.25. The van der Waals surface area contributed by atoms with Crippen LogP contribution in [0, 0.1) is 5.92 Å². The molecule has 6 nitrogen and oxygen atoms in total. The van der Waals surface area contributed by atoms with Crippen LogP contribution in [0.2, 0.25) is 0 Å². The summed E-state index contributed by atoms with van der Waals surface area (Å²) >= 11 is 0. The van der Waals surface area contributed by atoms with E-state index in [0.717, 1.165) is 12.1 Å². The third-order valence-electron chi connectivity index (χ3n) is 3.58. The molecule has 6 heteroatoms. The van der Waals surface area contributed by atoms with Gasteiger partial charge >= 0.3 is 0 Å². The van der Waals surface area contributed by atoms with Crippen molar-refractivity contribution < 1.29 is 4.79 Å². The first-order chi connectivity index (χ1) is 9.81. The lowest BCUT2D eigenvalue weighted by atomic mass is 9.85. The second-order valence-corrected chi connectivity index (χ2v) is 5.11. The molecule has 1 N–H and O–H groups in total. The highest BCUT2D eigenvalue weighted by Gasteiger charge is 2.18. The molecule has 0 atom stereocenters. The molecule has 1 aromatic heterocycles. The number of benzene rings is 1. The van der Waals surface area contributed by atoms with Crippen molar-refractivity contribution in [2.24, 2.45) is 5.92 Å². The number of nitrogens with one attached hydrogen (secondary N) is 1. The third-order valence-corrected chi connectivity index (χ3v) is 3.58. The van der Waals surface area contributed by atoms with Crippen molar-refractivity contribution in [1.82, 2.24) is 25.5 Å². The molecule has 0 saturated heterocycles. The Morgan fingerprint density at radius 2 is 2.10 bits per heavy atom. The minimum absolute atomic E-state index is 0.0612. The summed E-state index contributed by atoms with van der Waals surface area (Å²) in [5.74, 6) is 1.13. The van der Waals surface area contributed by atoms with E-state index in [4.69, 9.17) is 0 Å². The zero-order valence-corrected chi connectivity index (χ0v) is 11.2. The number of aromatic nitrogens is 4. The Morgan fingerprint density at radius 3 is 2.80 bits per heavy atom. The fourth-order valence-electron chi connectivity index (χ4n) is 2.15.